The van der Waals surface area contributed by atoms with Crippen LogP contribution in [-0.2, 0) is 6.54 Å². The van der Waals surface area contributed by atoms with Crippen LogP contribution < -0.4 is 0 Å². The van der Waals surface area contributed by atoms with Crippen molar-refractivity contribution in [2.24, 2.45) is 0 Å². The van der Waals surface area contributed by atoms with Crippen molar-refractivity contribution in [2.45, 2.75) is 13.5 Å². The van der Waals surface area contributed by atoms with E-state index in [0.717, 1.165) is 28.1 Å². The second kappa shape index (κ2) is 9.66. The maximum absolute atomic E-state index is 13.4. The first-order valence-electron chi connectivity index (χ1n) is 9.67. The Morgan fingerprint density at radius 2 is 1.83 bits per heavy atom. The Morgan fingerprint density at radius 1 is 1.10 bits per heavy atom. The molecule has 0 spiro atoms. The Hall–Kier alpha value is -3.01. The lowest BCUT2D eigenvalue weighted by atomic mass is 10.1. The lowest BCUT2D eigenvalue weighted by molar-refractivity contribution is 0.0737. The van der Waals surface area contributed by atoms with Gasteiger partial charge in [-0.3, -0.25) is 4.79 Å². The summed E-state index contributed by atoms with van der Waals surface area (Å²) in [4.78, 5) is 18.8. The molecule has 2 aromatic carbocycles. The highest BCUT2D eigenvalue weighted by Gasteiger charge is 2.20. The van der Waals surface area contributed by atoms with Crippen LogP contribution in [0.1, 0.15) is 26.4 Å². The number of carbonyl (C=O) groups excluding carboxylic acids is 1. The van der Waals surface area contributed by atoms with E-state index >= 15 is 0 Å². The van der Waals surface area contributed by atoms with Gasteiger partial charge >= 0.3 is 0 Å². The average molecular weight is 422 g/mol. The van der Waals surface area contributed by atoms with Gasteiger partial charge in [-0.2, -0.15) is 5.26 Å². The van der Waals surface area contributed by atoms with Crippen molar-refractivity contribution in [3.8, 4) is 16.5 Å². The molecule has 6 heteroatoms. The van der Waals surface area contributed by atoms with Gasteiger partial charge in [0.1, 0.15) is 5.82 Å². The zero-order valence-corrected chi connectivity index (χ0v) is 18.2. The van der Waals surface area contributed by atoms with Gasteiger partial charge in [0.2, 0.25) is 0 Å². The Balaban J connectivity index is 1.87. The highest BCUT2D eigenvalue weighted by Crippen LogP contribution is 2.33. The van der Waals surface area contributed by atoms with Crippen LogP contribution in [0.5, 0.6) is 0 Å². The number of carbonyl (C=O) groups is 1. The summed E-state index contributed by atoms with van der Waals surface area (Å²) in [7, 11) is 3.95. The van der Waals surface area contributed by atoms with Crippen molar-refractivity contribution in [1.29, 1.82) is 5.26 Å². The quantitative estimate of drug-likeness (QED) is 0.543. The van der Waals surface area contributed by atoms with Gasteiger partial charge in [0.25, 0.3) is 5.91 Å². The zero-order valence-electron chi connectivity index (χ0n) is 17.4. The van der Waals surface area contributed by atoms with Crippen LogP contribution in [0.25, 0.3) is 10.4 Å². The number of nitriles is 1. The normalized spacial score (nSPS) is 10.8. The van der Waals surface area contributed by atoms with Crippen molar-refractivity contribution in [2.75, 3.05) is 27.2 Å². The maximum atomic E-state index is 13.4. The van der Waals surface area contributed by atoms with E-state index < -0.39 is 0 Å². The maximum Gasteiger partial charge on any atom is 0.264 e. The van der Waals surface area contributed by atoms with E-state index in [2.05, 4.69) is 6.07 Å². The van der Waals surface area contributed by atoms with Crippen molar-refractivity contribution < 1.29 is 9.18 Å². The zero-order chi connectivity index (χ0) is 21.7. The van der Waals surface area contributed by atoms with Gasteiger partial charge in [-0.25, -0.2) is 4.39 Å². The molecule has 0 aliphatic heterocycles. The molecule has 0 aliphatic carbocycles. The minimum atomic E-state index is -0.279. The van der Waals surface area contributed by atoms with Crippen LogP contribution in [0, 0.1) is 24.1 Å². The Bertz CT molecular complexity index is 1070. The molecule has 154 valence electrons. The number of benzene rings is 2. The van der Waals surface area contributed by atoms with Crippen LogP contribution in [0.2, 0.25) is 0 Å². The predicted octanol–water partition coefficient (Wildman–Crippen LogP) is 4.94. The third kappa shape index (κ3) is 5.32. The number of likely N-dealkylation sites (N-methyl/N-ethyl adjacent to an activating group) is 1. The lowest BCUT2D eigenvalue weighted by Gasteiger charge is -2.24. The first-order chi connectivity index (χ1) is 14.4. The van der Waals surface area contributed by atoms with Crippen molar-refractivity contribution in [1.82, 2.24) is 9.80 Å². The molecule has 0 saturated heterocycles. The summed E-state index contributed by atoms with van der Waals surface area (Å²) in [6.45, 7) is 3.71. The molecule has 1 aromatic heterocycles. The summed E-state index contributed by atoms with van der Waals surface area (Å²) < 4.78 is 13.3. The topological polar surface area (TPSA) is 47.3 Å². The van der Waals surface area contributed by atoms with Crippen LogP contribution in [0.4, 0.5) is 4.39 Å². The smallest absolute Gasteiger partial charge is 0.264 e. The highest BCUT2D eigenvalue weighted by atomic mass is 32.1. The molecular formula is C24H24FN3OS. The number of thiophene rings is 1. The first kappa shape index (κ1) is 21.7. The third-order valence-corrected chi connectivity index (χ3v) is 6.04. The van der Waals surface area contributed by atoms with Gasteiger partial charge in [0.05, 0.1) is 16.5 Å². The van der Waals surface area contributed by atoms with Gasteiger partial charge in [-0.05, 0) is 68.0 Å². The van der Waals surface area contributed by atoms with Crippen molar-refractivity contribution in [3.63, 3.8) is 0 Å². The minimum Gasteiger partial charge on any atom is -0.332 e. The molecule has 0 unspecified atom stereocenters. The van der Waals surface area contributed by atoms with Crippen molar-refractivity contribution >= 4 is 17.2 Å². The van der Waals surface area contributed by atoms with E-state index in [0.29, 0.717) is 23.5 Å². The summed E-state index contributed by atoms with van der Waals surface area (Å²) in [6, 6.07) is 17.7. The minimum absolute atomic E-state index is 0.0410. The number of halogens is 1. The molecule has 0 bridgehead atoms. The number of rotatable bonds is 7. The number of amides is 1. The number of nitrogens with zero attached hydrogens (tertiary/aromatic N) is 3. The third-order valence-electron chi connectivity index (χ3n) is 4.77. The molecule has 0 aliphatic rings. The fourth-order valence-electron chi connectivity index (χ4n) is 3.16. The van der Waals surface area contributed by atoms with Gasteiger partial charge in [0, 0.05) is 24.5 Å². The molecular weight excluding hydrogens is 397 g/mol. The van der Waals surface area contributed by atoms with Gasteiger partial charge in [-0.15, -0.1) is 11.3 Å². The fourth-order valence-corrected chi connectivity index (χ4v) is 4.31. The second-order valence-electron chi connectivity index (χ2n) is 7.47. The number of aryl methyl sites for hydroxylation is 1. The molecule has 4 nitrogen and oxygen atoms in total. The standard InChI is InChI=1S/C24H24FN3OS/c1-17-13-22(30-23(17)20-7-9-21(25)10-8-20)24(29)28(12-11-27(2)3)16-19-6-4-5-18(14-19)15-26/h4-10,13-14H,11-12,16H2,1-3H3. The van der Waals surface area contributed by atoms with Gasteiger partial charge in [-0.1, -0.05) is 24.3 Å². The van der Waals surface area contributed by atoms with Crippen LogP contribution in [0.15, 0.2) is 54.6 Å². The average Bonchev–Trinajstić information content (AvgIpc) is 3.12. The Kier molecular flexibility index (Phi) is 6.99. The van der Waals surface area contributed by atoms with E-state index in [1.807, 2.05) is 55.1 Å². The fraction of sp³-hybridized carbons (Fsp3) is 0.250. The van der Waals surface area contributed by atoms with Gasteiger partial charge in [0.15, 0.2) is 0 Å². The Labute approximate surface area is 180 Å². The summed E-state index contributed by atoms with van der Waals surface area (Å²) >= 11 is 1.43. The predicted molar refractivity (Wildman–Crippen MR) is 119 cm³/mol. The van der Waals surface area contributed by atoms with Crippen LogP contribution >= 0.6 is 11.3 Å². The molecule has 0 fully saturated rings. The number of hydrogen-bond donors (Lipinski definition) is 0. The Morgan fingerprint density at radius 3 is 2.50 bits per heavy atom. The molecule has 3 aromatic rings. The molecule has 1 heterocycles. The number of hydrogen-bond acceptors (Lipinski definition) is 4. The summed E-state index contributed by atoms with van der Waals surface area (Å²) in [5.41, 5.74) is 3.40. The molecule has 0 radical (unpaired) electrons. The molecule has 0 saturated carbocycles. The van der Waals surface area contributed by atoms with Crippen LogP contribution in [-0.4, -0.2) is 42.9 Å². The van der Waals surface area contributed by atoms with Gasteiger partial charge < -0.3 is 9.80 Å². The van der Waals surface area contributed by atoms with Crippen molar-refractivity contribution in [3.05, 3.63) is 82.0 Å². The van der Waals surface area contributed by atoms with E-state index in [-0.39, 0.29) is 11.7 Å². The SMILES string of the molecule is Cc1cc(C(=O)N(CCN(C)C)Cc2cccc(C#N)c2)sc1-c1ccc(F)cc1. The van der Waals surface area contributed by atoms with E-state index in [1.54, 1.807) is 18.2 Å². The molecule has 30 heavy (non-hydrogen) atoms. The monoisotopic (exact) mass is 421 g/mol. The van der Waals surface area contributed by atoms with E-state index in [4.69, 9.17) is 5.26 Å². The summed E-state index contributed by atoms with van der Waals surface area (Å²) in [5.74, 6) is -0.320. The molecule has 0 N–H and O–H groups in total. The molecule has 1 amide bonds. The molecule has 0 atom stereocenters. The summed E-state index contributed by atoms with van der Waals surface area (Å²) in [6.07, 6.45) is 0. The second-order valence-corrected chi connectivity index (χ2v) is 8.52. The first-order valence-corrected chi connectivity index (χ1v) is 10.5. The lowest BCUT2D eigenvalue weighted by Crippen LogP contribution is -2.35. The molecule has 3 rings (SSSR count). The van der Waals surface area contributed by atoms with E-state index in [1.165, 1.54) is 23.5 Å². The highest BCUT2D eigenvalue weighted by molar-refractivity contribution is 7.17. The van der Waals surface area contributed by atoms with Crippen LogP contribution in [0.3, 0.4) is 0 Å². The van der Waals surface area contributed by atoms with E-state index in [9.17, 15) is 9.18 Å². The largest absolute Gasteiger partial charge is 0.332 e. The summed E-state index contributed by atoms with van der Waals surface area (Å²) in [5, 5.41) is 9.16.